The number of anilines is 1. The van der Waals surface area contributed by atoms with Crippen LogP contribution >= 0.6 is 0 Å². The summed E-state index contributed by atoms with van der Waals surface area (Å²) in [5.41, 5.74) is 4.78. The topological polar surface area (TPSA) is 80.0 Å². The van der Waals surface area contributed by atoms with E-state index in [1.807, 2.05) is 41.8 Å². The van der Waals surface area contributed by atoms with Gasteiger partial charge in [-0.25, -0.2) is 19.2 Å². The van der Waals surface area contributed by atoms with Crippen molar-refractivity contribution < 1.29 is 14.3 Å². The van der Waals surface area contributed by atoms with Gasteiger partial charge in [0.1, 0.15) is 11.9 Å². The van der Waals surface area contributed by atoms with Gasteiger partial charge in [0.05, 0.1) is 0 Å². The van der Waals surface area contributed by atoms with Gasteiger partial charge in [0, 0.05) is 40.6 Å². The highest BCUT2D eigenvalue weighted by molar-refractivity contribution is 5.88. The molecule has 0 saturated carbocycles. The van der Waals surface area contributed by atoms with Crippen molar-refractivity contribution in [2.24, 2.45) is 0 Å². The largest absolute Gasteiger partial charge is 0.480 e. The van der Waals surface area contributed by atoms with Gasteiger partial charge in [-0.1, -0.05) is 37.3 Å². The van der Waals surface area contributed by atoms with Crippen LogP contribution in [0.5, 0.6) is 0 Å². The van der Waals surface area contributed by atoms with E-state index in [-0.39, 0.29) is 11.9 Å². The highest BCUT2D eigenvalue weighted by atomic mass is 19.1. The average molecular weight is 445 g/mol. The normalized spacial score (nSPS) is 16.4. The molecular weight excluding hydrogens is 419 g/mol. The van der Waals surface area contributed by atoms with E-state index >= 15 is 0 Å². The van der Waals surface area contributed by atoms with Crippen molar-refractivity contribution in [2.45, 2.75) is 44.7 Å². The maximum absolute atomic E-state index is 14.1. The molecule has 2 atom stereocenters. The zero-order valence-corrected chi connectivity index (χ0v) is 18.3. The molecule has 0 amide bonds. The van der Waals surface area contributed by atoms with Gasteiger partial charge >= 0.3 is 5.97 Å². The summed E-state index contributed by atoms with van der Waals surface area (Å²) in [5.74, 6) is -0.635. The first kappa shape index (κ1) is 21.1. The van der Waals surface area contributed by atoms with Crippen molar-refractivity contribution in [1.29, 1.82) is 0 Å². The molecule has 2 unspecified atom stereocenters. The third-order valence-corrected chi connectivity index (χ3v) is 6.44. The fourth-order valence-electron chi connectivity index (χ4n) is 4.88. The Hall–Kier alpha value is -3.74. The van der Waals surface area contributed by atoms with E-state index in [1.165, 1.54) is 12.1 Å². The number of aliphatic carboxylic acids is 1. The van der Waals surface area contributed by atoms with Crippen LogP contribution in [0.1, 0.15) is 37.1 Å². The van der Waals surface area contributed by atoms with E-state index in [0.717, 1.165) is 39.7 Å². The highest BCUT2D eigenvalue weighted by Gasteiger charge is 2.30. The smallest absolute Gasteiger partial charge is 0.326 e. The molecule has 6 nitrogen and oxygen atoms in total. The number of fused-ring (bicyclic) bond motifs is 3. The Kier molecular flexibility index (Phi) is 5.54. The van der Waals surface area contributed by atoms with Gasteiger partial charge in [0.2, 0.25) is 5.95 Å². The van der Waals surface area contributed by atoms with E-state index in [9.17, 15) is 14.3 Å². The molecule has 0 fully saturated rings. The van der Waals surface area contributed by atoms with Crippen molar-refractivity contribution in [3.63, 3.8) is 0 Å². The molecule has 0 radical (unpaired) electrons. The van der Waals surface area contributed by atoms with Crippen molar-refractivity contribution in [3.05, 3.63) is 78.0 Å². The van der Waals surface area contributed by atoms with Crippen molar-refractivity contribution in [2.75, 3.05) is 5.32 Å². The van der Waals surface area contributed by atoms with Gasteiger partial charge in [-0.05, 0) is 55.0 Å². The lowest BCUT2D eigenvalue weighted by Crippen LogP contribution is -2.30. The van der Waals surface area contributed by atoms with Gasteiger partial charge in [0.15, 0.2) is 0 Å². The number of benzene rings is 2. The number of nitrogens with zero attached hydrogens (tertiary/aromatic N) is 3. The molecule has 33 heavy (non-hydrogen) atoms. The first-order valence-electron chi connectivity index (χ1n) is 11.2. The Balaban J connectivity index is 1.43. The molecule has 2 aromatic heterocycles. The summed E-state index contributed by atoms with van der Waals surface area (Å²) in [7, 11) is 0. The minimum absolute atomic E-state index is 0.0762. The SMILES string of the molecule is CCC(C(=O)O)n1c2c(c3cc(F)ccc31)CC(Nc1ncc(-c3ccccc3)cn1)CC2. The lowest BCUT2D eigenvalue weighted by molar-refractivity contribution is -0.140. The summed E-state index contributed by atoms with van der Waals surface area (Å²) in [4.78, 5) is 20.9. The minimum atomic E-state index is -0.867. The van der Waals surface area contributed by atoms with Crippen LogP contribution in [0.2, 0.25) is 0 Å². The average Bonchev–Trinajstić information content (AvgIpc) is 3.13. The molecule has 2 heterocycles. The predicted octanol–water partition coefficient (Wildman–Crippen LogP) is 5.24. The summed E-state index contributed by atoms with van der Waals surface area (Å²) in [6.45, 7) is 1.87. The third kappa shape index (κ3) is 3.95. The van der Waals surface area contributed by atoms with Crippen LogP contribution in [0.25, 0.3) is 22.0 Å². The van der Waals surface area contributed by atoms with E-state index < -0.39 is 12.0 Å². The number of nitrogens with one attached hydrogen (secondary N) is 1. The minimum Gasteiger partial charge on any atom is -0.480 e. The highest BCUT2D eigenvalue weighted by Crippen LogP contribution is 2.36. The molecule has 168 valence electrons. The van der Waals surface area contributed by atoms with Crippen LogP contribution in [-0.4, -0.2) is 31.7 Å². The second-order valence-electron chi connectivity index (χ2n) is 8.46. The summed E-state index contributed by atoms with van der Waals surface area (Å²) >= 11 is 0. The summed E-state index contributed by atoms with van der Waals surface area (Å²) in [5, 5.41) is 14.0. The molecule has 5 rings (SSSR count). The molecular formula is C26H25FN4O2. The second kappa shape index (κ2) is 8.65. The zero-order valence-electron chi connectivity index (χ0n) is 18.3. The van der Waals surface area contributed by atoms with E-state index in [1.54, 1.807) is 18.5 Å². The zero-order chi connectivity index (χ0) is 22.9. The van der Waals surface area contributed by atoms with Gasteiger partial charge in [-0.3, -0.25) is 0 Å². The van der Waals surface area contributed by atoms with E-state index in [4.69, 9.17) is 0 Å². The molecule has 0 spiro atoms. The third-order valence-electron chi connectivity index (χ3n) is 6.44. The lowest BCUT2D eigenvalue weighted by Gasteiger charge is -2.26. The second-order valence-corrected chi connectivity index (χ2v) is 8.46. The Morgan fingerprint density at radius 3 is 2.64 bits per heavy atom. The first-order chi connectivity index (χ1) is 16.0. The summed E-state index contributed by atoms with van der Waals surface area (Å²) < 4.78 is 16.0. The fraction of sp³-hybridized carbons (Fsp3) is 0.269. The first-order valence-corrected chi connectivity index (χ1v) is 11.2. The van der Waals surface area contributed by atoms with Gasteiger partial charge < -0.3 is 15.0 Å². The molecule has 0 saturated heterocycles. The predicted molar refractivity (Wildman–Crippen MR) is 126 cm³/mol. The van der Waals surface area contributed by atoms with E-state index in [0.29, 0.717) is 25.2 Å². The Morgan fingerprint density at radius 2 is 1.94 bits per heavy atom. The van der Waals surface area contributed by atoms with Gasteiger partial charge in [0.25, 0.3) is 0 Å². The molecule has 1 aliphatic rings. The number of hydrogen-bond acceptors (Lipinski definition) is 4. The standard InChI is InChI=1S/C26H25FN4O2/c1-2-22(25(32)33)31-23-10-8-18(27)12-20(23)21-13-19(9-11-24(21)31)30-26-28-14-17(15-29-26)16-6-4-3-5-7-16/h3-8,10,12,14-15,19,22H,2,9,11,13H2,1H3,(H,32,33)(H,28,29,30). The maximum atomic E-state index is 14.1. The number of carboxylic acid groups (broad SMARTS) is 1. The molecule has 2 aromatic carbocycles. The Bertz CT molecular complexity index is 1300. The number of carbonyl (C=O) groups is 1. The number of hydrogen-bond donors (Lipinski definition) is 2. The molecule has 7 heteroatoms. The van der Waals surface area contributed by atoms with Crippen LogP contribution in [-0.2, 0) is 17.6 Å². The van der Waals surface area contributed by atoms with E-state index in [2.05, 4.69) is 15.3 Å². The molecule has 1 aliphatic carbocycles. The van der Waals surface area contributed by atoms with Gasteiger partial charge in [-0.15, -0.1) is 0 Å². The number of rotatable bonds is 6. The van der Waals surface area contributed by atoms with Gasteiger partial charge in [-0.2, -0.15) is 0 Å². The number of carboxylic acids is 1. The Labute approximate surface area is 191 Å². The molecule has 4 aromatic rings. The number of aromatic nitrogens is 3. The lowest BCUT2D eigenvalue weighted by atomic mass is 9.91. The van der Waals surface area contributed by atoms with Crippen LogP contribution in [0, 0.1) is 5.82 Å². The summed E-state index contributed by atoms with van der Waals surface area (Å²) in [6.07, 6.45) is 6.24. The monoisotopic (exact) mass is 444 g/mol. The van der Waals surface area contributed by atoms with Crippen LogP contribution < -0.4 is 5.32 Å². The summed E-state index contributed by atoms with van der Waals surface area (Å²) in [6, 6.07) is 14.0. The van der Waals surface area contributed by atoms with Crippen LogP contribution in [0.3, 0.4) is 0 Å². The molecule has 0 aliphatic heterocycles. The van der Waals surface area contributed by atoms with Crippen molar-refractivity contribution in [3.8, 4) is 11.1 Å². The fourth-order valence-corrected chi connectivity index (χ4v) is 4.88. The quantitative estimate of drug-likeness (QED) is 0.425. The Morgan fingerprint density at radius 1 is 1.18 bits per heavy atom. The number of halogens is 1. The molecule has 2 N–H and O–H groups in total. The van der Waals surface area contributed by atoms with Crippen LogP contribution in [0.15, 0.2) is 60.9 Å². The maximum Gasteiger partial charge on any atom is 0.326 e. The van der Waals surface area contributed by atoms with Crippen molar-refractivity contribution >= 4 is 22.8 Å². The van der Waals surface area contributed by atoms with Crippen LogP contribution in [0.4, 0.5) is 10.3 Å². The molecule has 0 bridgehead atoms. The van der Waals surface area contributed by atoms with Crippen molar-refractivity contribution in [1.82, 2.24) is 14.5 Å².